The minimum absolute atomic E-state index is 0.206. The fourth-order valence-corrected chi connectivity index (χ4v) is 2.66. The van der Waals surface area contributed by atoms with Crippen molar-refractivity contribution >= 4 is 5.97 Å². The van der Waals surface area contributed by atoms with Gasteiger partial charge in [0.05, 0.1) is 0 Å². The molecule has 0 spiro atoms. The Hall–Kier alpha value is -1.42. The molecule has 0 amide bonds. The van der Waals surface area contributed by atoms with E-state index in [1.54, 1.807) is 0 Å². The van der Waals surface area contributed by atoms with Crippen molar-refractivity contribution in [3.63, 3.8) is 0 Å². The molecule has 20 heavy (non-hydrogen) atoms. The van der Waals surface area contributed by atoms with Gasteiger partial charge in [-0.25, -0.2) is 4.39 Å². The molecule has 2 rings (SSSR count). The molecule has 0 aromatic heterocycles. The summed E-state index contributed by atoms with van der Waals surface area (Å²) in [5, 5.41) is 12.1. The molecular formula is C16H22FNO2. The van der Waals surface area contributed by atoms with E-state index in [2.05, 4.69) is 5.32 Å². The van der Waals surface area contributed by atoms with E-state index in [1.807, 2.05) is 12.1 Å². The van der Waals surface area contributed by atoms with E-state index in [0.29, 0.717) is 12.3 Å². The van der Waals surface area contributed by atoms with E-state index in [1.165, 1.54) is 31.4 Å². The summed E-state index contributed by atoms with van der Waals surface area (Å²) in [4.78, 5) is 10.5. The number of rotatable bonds is 8. The molecular weight excluding hydrogens is 257 g/mol. The SMILES string of the molecule is O=C(O)CCCCNC(c1ccc(F)cc1)C1CCC1. The summed E-state index contributed by atoms with van der Waals surface area (Å²) in [5.41, 5.74) is 1.13. The molecule has 1 fully saturated rings. The third-order valence-electron chi connectivity index (χ3n) is 4.03. The van der Waals surface area contributed by atoms with Crippen LogP contribution in [0.2, 0.25) is 0 Å². The molecule has 4 heteroatoms. The Morgan fingerprint density at radius 2 is 2.00 bits per heavy atom. The summed E-state index contributed by atoms with van der Waals surface area (Å²) in [6, 6.07) is 6.99. The maximum absolute atomic E-state index is 13.0. The normalized spacial score (nSPS) is 16.6. The fraction of sp³-hybridized carbons (Fsp3) is 0.562. The first-order valence-electron chi connectivity index (χ1n) is 7.37. The van der Waals surface area contributed by atoms with Crippen LogP contribution in [0.25, 0.3) is 0 Å². The second-order valence-electron chi connectivity index (χ2n) is 5.53. The van der Waals surface area contributed by atoms with E-state index in [-0.39, 0.29) is 18.3 Å². The molecule has 0 radical (unpaired) electrons. The molecule has 3 nitrogen and oxygen atoms in total. The number of carboxylic acid groups (broad SMARTS) is 1. The first-order chi connectivity index (χ1) is 9.66. The maximum Gasteiger partial charge on any atom is 0.303 e. The van der Waals surface area contributed by atoms with Gasteiger partial charge >= 0.3 is 5.97 Å². The Morgan fingerprint density at radius 3 is 2.55 bits per heavy atom. The molecule has 1 aromatic rings. The lowest BCUT2D eigenvalue weighted by atomic mass is 9.77. The number of nitrogens with one attached hydrogen (secondary N) is 1. The minimum Gasteiger partial charge on any atom is -0.481 e. The molecule has 2 N–H and O–H groups in total. The highest BCUT2D eigenvalue weighted by Crippen LogP contribution is 2.37. The van der Waals surface area contributed by atoms with Gasteiger partial charge in [0.15, 0.2) is 0 Å². The highest BCUT2D eigenvalue weighted by atomic mass is 19.1. The van der Waals surface area contributed by atoms with Crippen LogP contribution in [0.4, 0.5) is 4.39 Å². The lowest BCUT2D eigenvalue weighted by Gasteiger charge is -2.35. The summed E-state index contributed by atoms with van der Waals surface area (Å²) in [7, 11) is 0. The van der Waals surface area contributed by atoms with Crippen molar-refractivity contribution in [3.05, 3.63) is 35.6 Å². The number of halogens is 1. The van der Waals surface area contributed by atoms with Crippen LogP contribution in [-0.4, -0.2) is 17.6 Å². The monoisotopic (exact) mass is 279 g/mol. The second-order valence-corrected chi connectivity index (χ2v) is 5.53. The van der Waals surface area contributed by atoms with E-state index < -0.39 is 5.97 Å². The van der Waals surface area contributed by atoms with Gasteiger partial charge in [0.1, 0.15) is 5.82 Å². The lowest BCUT2D eigenvalue weighted by Crippen LogP contribution is -2.32. The standard InChI is InChI=1S/C16H22FNO2/c17-14-9-7-13(8-10-14)16(12-4-3-5-12)18-11-2-1-6-15(19)20/h7-10,12,16,18H,1-6,11H2,(H,19,20). The van der Waals surface area contributed by atoms with E-state index in [0.717, 1.165) is 18.5 Å². The van der Waals surface area contributed by atoms with Crippen molar-refractivity contribution in [1.29, 1.82) is 0 Å². The van der Waals surface area contributed by atoms with E-state index in [9.17, 15) is 9.18 Å². The molecule has 1 unspecified atom stereocenters. The molecule has 0 heterocycles. The summed E-state index contributed by atoms with van der Waals surface area (Å²) in [5.74, 6) is -0.318. The van der Waals surface area contributed by atoms with Gasteiger partial charge in [-0.3, -0.25) is 4.79 Å². The molecule has 0 aliphatic heterocycles. The van der Waals surface area contributed by atoms with Gasteiger partial charge in [0.25, 0.3) is 0 Å². The number of carbonyl (C=O) groups is 1. The summed E-state index contributed by atoms with van der Waals surface area (Å²) >= 11 is 0. The number of carboxylic acids is 1. The molecule has 0 saturated heterocycles. The Balaban J connectivity index is 1.84. The molecule has 110 valence electrons. The molecule has 1 saturated carbocycles. The second kappa shape index (κ2) is 7.39. The Morgan fingerprint density at radius 1 is 1.30 bits per heavy atom. The van der Waals surface area contributed by atoms with Gasteiger partial charge in [-0.2, -0.15) is 0 Å². The molecule has 1 atom stereocenters. The summed E-state index contributed by atoms with van der Waals surface area (Å²) in [6.45, 7) is 0.811. The van der Waals surface area contributed by atoms with Crippen molar-refractivity contribution in [3.8, 4) is 0 Å². The van der Waals surface area contributed by atoms with Crippen LogP contribution < -0.4 is 5.32 Å². The summed E-state index contributed by atoms with van der Waals surface area (Å²) < 4.78 is 13.0. The topological polar surface area (TPSA) is 49.3 Å². The number of hydrogen-bond acceptors (Lipinski definition) is 2. The lowest BCUT2D eigenvalue weighted by molar-refractivity contribution is -0.137. The predicted octanol–water partition coefficient (Wildman–Crippen LogP) is 3.51. The zero-order chi connectivity index (χ0) is 14.4. The molecule has 0 bridgehead atoms. The first-order valence-corrected chi connectivity index (χ1v) is 7.37. The largest absolute Gasteiger partial charge is 0.481 e. The fourth-order valence-electron chi connectivity index (χ4n) is 2.66. The maximum atomic E-state index is 13.0. The Labute approximate surface area is 119 Å². The van der Waals surface area contributed by atoms with Gasteiger partial charge in [-0.05, 0) is 55.8 Å². The van der Waals surface area contributed by atoms with Crippen LogP contribution in [0.3, 0.4) is 0 Å². The molecule has 1 aliphatic rings. The van der Waals surface area contributed by atoms with Crippen LogP contribution in [-0.2, 0) is 4.79 Å². The van der Waals surface area contributed by atoms with Gasteiger partial charge in [0, 0.05) is 12.5 Å². The van der Waals surface area contributed by atoms with Gasteiger partial charge in [-0.1, -0.05) is 18.6 Å². The van der Waals surface area contributed by atoms with Crippen molar-refractivity contribution < 1.29 is 14.3 Å². The van der Waals surface area contributed by atoms with Crippen LogP contribution in [0.15, 0.2) is 24.3 Å². The average molecular weight is 279 g/mol. The molecule has 1 aromatic carbocycles. The number of hydrogen-bond donors (Lipinski definition) is 2. The van der Waals surface area contributed by atoms with Crippen LogP contribution in [0.5, 0.6) is 0 Å². The quantitative estimate of drug-likeness (QED) is 0.716. The smallest absolute Gasteiger partial charge is 0.303 e. The average Bonchev–Trinajstić information content (AvgIpc) is 2.35. The zero-order valence-corrected chi connectivity index (χ0v) is 11.6. The summed E-state index contributed by atoms with van der Waals surface area (Å²) in [6.07, 6.45) is 5.48. The Bertz CT molecular complexity index is 429. The predicted molar refractivity (Wildman–Crippen MR) is 76.0 cm³/mol. The zero-order valence-electron chi connectivity index (χ0n) is 11.6. The van der Waals surface area contributed by atoms with Crippen LogP contribution >= 0.6 is 0 Å². The highest BCUT2D eigenvalue weighted by molar-refractivity contribution is 5.66. The third-order valence-corrected chi connectivity index (χ3v) is 4.03. The molecule has 1 aliphatic carbocycles. The van der Waals surface area contributed by atoms with Crippen LogP contribution in [0, 0.1) is 11.7 Å². The van der Waals surface area contributed by atoms with Gasteiger partial charge in [-0.15, -0.1) is 0 Å². The van der Waals surface area contributed by atoms with Crippen molar-refractivity contribution in [1.82, 2.24) is 5.32 Å². The number of benzene rings is 1. The van der Waals surface area contributed by atoms with Crippen molar-refractivity contribution in [2.24, 2.45) is 5.92 Å². The van der Waals surface area contributed by atoms with Crippen LogP contribution in [0.1, 0.15) is 50.1 Å². The highest BCUT2D eigenvalue weighted by Gasteiger charge is 2.27. The number of unbranched alkanes of at least 4 members (excludes halogenated alkanes) is 1. The van der Waals surface area contributed by atoms with Crippen molar-refractivity contribution in [2.45, 2.75) is 44.6 Å². The van der Waals surface area contributed by atoms with Gasteiger partial charge < -0.3 is 10.4 Å². The first kappa shape index (κ1) is 15.0. The Kier molecular flexibility index (Phi) is 5.53. The number of aliphatic carboxylic acids is 1. The third kappa shape index (κ3) is 4.30. The minimum atomic E-state index is -0.737. The van der Waals surface area contributed by atoms with Crippen molar-refractivity contribution in [2.75, 3.05) is 6.54 Å². The van der Waals surface area contributed by atoms with Gasteiger partial charge in [0.2, 0.25) is 0 Å². The van der Waals surface area contributed by atoms with E-state index >= 15 is 0 Å². The van der Waals surface area contributed by atoms with E-state index in [4.69, 9.17) is 5.11 Å².